The summed E-state index contributed by atoms with van der Waals surface area (Å²) in [4.78, 5) is 0. The molecule has 0 atom stereocenters. The summed E-state index contributed by atoms with van der Waals surface area (Å²) in [7, 11) is 0. The van der Waals surface area contributed by atoms with Gasteiger partial charge in [-0.15, -0.1) is 5.10 Å². The van der Waals surface area contributed by atoms with Crippen LogP contribution in [-0.4, -0.2) is 22.9 Å². The van der Waals surface area contributed by atoms with Crippen molar-refractivity contribution in [2.24, 2.45) is 0 Å². The molecule has 1 N–H and O–H groups in total. The SMILES string of the molecule is FC(F)(F)CNc1cccnn1. The van der Waals surface area contributed by atoms with E-state index < -0.39 is 12.7 Å². The van der Waals surface area contributed by atoms with Gasteiger partial charge in [0.25, 0.3) is 0 Å². The van der Waals surface area contributed by atoms with E-state index in [1.54, 1.807) is 0 Å². The number of nitrogens with one attached hydrogen (secondary N) is 1. The average Bonchev–Trinajstić information content (AvgIpc) is 2.02. The zero-order valence-electron chi connectivity index (χ0n) is 5.97. The molecule has 0 saturated carbocycles. The van der Waals surface area contributed by atoms with Gasteiger partial charge in [-0.25, -0.2) is 0 Å². The first kappa shape index (κ1) is 8.76. The van der Waals surface area contributed by atoms with Crippen LogP contribution in [0.5, 0.6) is 0 Å². The molecular weight excluding hydrogens is 171 g/mol. The smallest absolute Gasteiger partial charge is 0.360 e. The van der Waals surface area contributed by atoms with Crippen LogP contribution in [0.2, 0.25) is 0 Å². The first-order valence-electron chi connectivity index (χ1n) is 3.16. The first-order chi connectivity index (χ1) is 5.58. The monoisotopic (exact) mass is 177 g/mol. The maximum absolute atomic E-state index is 11.6. The number of halogens is 3. The van der Waals surface area contributed by atoms with Gasteiger partial charge in [0.2, 0.25) is 0 Å². The Balaban J connectivity index is 2.44. The van der Waals surface area contributed by atoms with Crippen LogP contribution >= 0.6 is 0 Å². The van der Waals surface area contributed by atoms with Crippen LogP contribution < -0.4 is 5.32 Å². The molecule has 0 radical (unpaired) electrons. The third kappa shape index (κ3) is 3.18. The van der Waals surface area contributed by atoms with Crippen molar-refractivity contribution in [2.45, 2.75) is 6.18 Å². The van der Waals surface area contributed by atoms with Crippen molar-refractivity contribution in [1.82, 2.24) is 10.2 Å². The number of anilines is 1. The summed E-state index contributed by atoms with van der Waals surface area (Å²) in [5, 5.41) is 8.91. The standard InChI is InChI=1S/C6H6F3N3/c7-6(8,9)4-10-5-2-1-3-11-12-5/h1-3H,4H2,(H,10,12). The number of rotatable bonds is 2. The Bertz CT molecular complexity index is 234. The maximum atomic E-state index is 11.6. The fourth-order valence-corrected chi connectivity index (χ4v) is 0.587. The van der Waals surface area contributed by atoms with E-state index in [4.69, 9.17) is 0 Å². The predicted octanol–water partition coefficient (Wildman–Crippen LogP) is 1.45. The summed E-state index contributed by atoms with van der Waals surface area (Å²) in [5.74, 6) is 0.120. The highest BCUT2D eigenvalue weighted by Crippen LogP contribution is 2.14. The van der Waals surface area contributed by atoms with Crippen molar-refractivity contribution in [3.05, 3.63) is 18.3 Å². The van der Waals surface area contributed by atoms with E-state index >= 15 is 0 Å². The number of nitrogens with zero attached hydrogens (tertiary/aromatic N) is 2. The molecule has 3 nitrogen and oxygen atoms in total. The van der Waals surface area contributed by atoms with Gasteiger partial charge in [0, 0.05) is 6.20 Å². The summed E-state index contributed by atoms with van der Waals surface area (Å²) in [5.41, 5.74) is 0. The van der Waals surface area contributed by atoms with Crippen LogP contribution in [0.3, 0.4) is 0 Å². The van der Waals surface area contributed by atoms with E-state index in [1.165, 1.54) is 18.3 Å². The van der Waals surface area contributed by atoms with Crippen LogP contribution in [-0.2, 0) is 0 Å². The second-order valence-electron chi connectivity index (χ2n) is 2.08. The van der Waals surface area contributed by atoms with E-state index in [-0.39, 0.29) is 5.82 Å². The van der Waals surface area contributed by atoms with Gasteiger partial charge in [-0.05, 0) is 12.1 Å². The van der Waals surface area contributed by atoms with Crippen molar-refractivity contribution in [3.63, 3.8) is 0 Å². The molecule has 0 unspecified atom stereocenters. The molecule has 1 rings (SSSR count). The van der Waals surface area contributed by atoms with Gasteiger partial charge in [0.15, 0.2) is 0 Å². The zero-order chi connectivity index (χ0) is 9.03. The van der Waals surface area contributed by atoms with Gasteiger partial charge in [0.1, 0.15) is 12.4 Å². The fourth-order valence-electron chi connectivity index (χ4n) is 0.587. The minimum absolute atomic E-state index is 0.120. The van der Waals surface area contributed by atoms with Gasteiger partial charge in [0.05, 0.1) is 0 Å². The third-order valence-corrected chi connectivity index (χ3v) is 1.04. The summed E-state index contributed by atoms with van der Waals surface area (Å²) >= 11 is 0. The Hall–Kier alpha value is -1.33. The molecule has 0 spiro atoms. The van der Waals surface area contributed by atoms with Crippen LogP contribution in [0.4, 0.5) is 19.0 Å². The molecule has 1 aromatic rings. The maximum Gasteiger partial charge on any atom is 0.405 e. The van der Waals surface area contributed by atoms with Gasteiger partial charge in [-0.2, -0.15) is 18.3 Å². The van der Waals surface area contributed by atoms with Gasteiger partial charge in [-0.3, -0.25) is 0 Å². The van der Waals surface area contributed by atoms with Gasteiger partial charge >= 0.3 is 6.18 Å². The Kier molecular flexibility index (Phi) is 2.47. The Labute approximate surface area is 66.6 Å². The predicted molar refractivity (Wildman–Crippen MR) is 36.6 cm³/mol. The lowest BCUT2D eigenvalue weighted by Crippen LogP contribution is -2.21. The number of hydrogen-bond donors (Lipinski definition) is 1. The Morgan fingerprint density at radius 3 is 2.67 bits per heavy atom. The van der Waals surface area contributed by atoms with Crippen LogP contribution in [0, 0.1) is 0 Å². The molecular formula is C6H6F3N3. The molecule has 0 aliphatic carbocycles. The van der Waals surface area contributed by atoms with E-state index in [9.17, 15) is 13.2 Å². The fraction of sp³-hybridized carbons (Fsp3) is 0.333. The molecule has 1 aromatic heterocycles. The van der Waals surface area contributed by atoms with Crippen molar-refractivity contribution in [3.8, 4) is 0 Å². The highest BCUT2D eigenvalue weighted by atomic mass is 19.4. The second-order valence-corrected chi connectivity index (χ2v) is 2.08. The van der Waals surface area contributed by atoms with E-state index in [0.717, 1.165) is 0 Å². The van der Waals surface area contributed by atoms with Crippen LogP contribution in [0.1, 0.15) is 0 Å². The number of alkyl halides is 3. The topological polar surface area (TPSA) is 37.8 Å². The molecule has 0 aromatic carbocycles. The quantitative estimate of drug-likeness (QED) is 0.742. The Morgan fingerprint density at radius 1 is 1.42 bits per heavy atom. The lowest BCUT2D eigenvalue weighted by atomic mass is 10.5. The minimum Gasteiger partial charge on any atom is -0.360 e. The molecule has 0 saturated heterocycles. The second kappa shape index (κ2) is 3.38. The summed E-state index contributed by atoms with van der Waals surface area (Å²) in [6.07, 6.45) is -2.84. The molecule has 12 heavy (non-hydrogen) atoms. The number of aromatic nitrogens is 2. The molecule has 0 fully saturated rings. The van der Waals surface area contributed by atoms with E-state index in [1.807, 2.05) is 0 Å². The molecule has 1 heterocycles. The van der Waals surface area contributed by atoms with Crippen LogP contribution in [0.15, 0.2) is 18.3 Å². The minimum atomic E-state index is -4.22. The Morgan fingerprint density at radius 2 is 2.17 bits per heavy atom. The summed E-state index contributed by atoms with van der Waals surface area (Å²) < 4.78 is 34.9. The molecule has 66 valence electrons. The molecule has 0 aliphatic heterocycles. The highest BCUT2D eigenvalue weighted by Gasteiger charge is 2.26. The van der Waals surface area contributed by atoms with Crippen molar-refractivity contribution < 1.29 is 13.2 Å². The number of hydrogen-bond acceptors (Lipinski definition) is 3. The normalized spacial score (nSPS) is 11.2. The van der Waals surface area contributed by atoms with Gasteiger partial charge < -0.3 is 5.32 Å². The highest BCUT2D eigenvalue weighted by molar-refractivity contribution is 5.31. The summed E-state index contributed by atoms with van der Waals surface area (Å²) in [6.45, 7) is -1.09. The van der Waals surface area contributed by atoms with Crippen molar-refractivity contribution in [1.29, 1.82) is 0 Å². The molecule has 0 bridgehead atoms. The summed E-state index contributed by atoms with van der Waals surface area (Å²) in [6, 6.07) is 2.92. The van der Waals surface area contributed by atoms with Crippen LogP contribution in [0.25, 0.3) is 0 Å². The van der Waals surface area contributed by atoms with E-state index in [2.05, 4.69) is 15.5 Å². The lowest BCUT2D eigenvalue weighted by Gasteiger charge is -2.06. The zero-order valence-corrected chi connectivity index (χ0v) is 5.97. The van der Waals surface area contributed by atoms with E-state index in [0.29, 0.717) is 0 Å². The van der Waals surface area contributed by atoms with Crippen molar-refractivity contribution in [2.75, 3.05) is 11.9 Å². The molecule has 0 aliphatic rings. The third-order valence-electron chi connectivity index (χ3n) is 1.04. The lowest BCUT2D eigenvalue weighted by molar-refractivity contribution is -0.115. The molecule has 6 heteroatoms. The van der Waals surface area contributed by atoms with Crippen molar-refractivity contribution >= 4 is 5.82 Å². The first-order valence-corrected chi connectivity index (χ1v) is 3.16. The largest absolute Gasteiger partial charge is 0.405 e. The van der Waals surface area contributed by atoms with Gasteiger partial charge in [-0.1, -0.05) is 0 Å². The average molecular weight is 177 g/mol. The molecule has 0 amide bonds.